The van der Waals surface area contributed by atoms with E-state index in [-0.39, 0.29) is 5.38 Å². The molecule has 2 atom stereocenters. The van der Waals surface area contributed by atoms with Crippen molar-refractivity contribution in [3.05, 3.63) is 35.4 Å². The average Bonchev–Trinajstić information content (AvgIpc) is 2.26. The molecule has 0 amide bonds. The van der Waals surface area contributed by atoms with E-state index < -0.39 is 0 Å². The summed E-state index contributed by atoms with van der Waals surface area (Å²) in [6.07, 6.45) is 3.15. The van der Waals surface area contributed by atoms with Crippen molar-refractivity contribution in [2.45, 2.75) is 44.5 Å². The third-order valence-electron chi connectivity index (χ3n) is 2.74. The van der Waals surface area contributed by atoms with E-state index in [1.54, 1.807) is 0 Å². The summed E-state index contributed by atoms with van der Waals surface area (Å²) in [5.41, 5.74) is 8.42. The Kier molecular flexibility index (Phi) is 5.13. The van der Waals surface area contributed by atoms with Gasteiger partial charge in [-0.15, -0.1) is 11.6 Å². The number of rotatable bonds is 5. The van der Waals surface area contributed by atoms with Crippen molar-refractivity contribution in [1.82, 2.24) is 0 Å². The van der Waals surface area contributed by atoms with Crippen LogP contribution < -0.4 is 5.73 Å². The Morgan fingerprint density at radius 1 is 1.40 bits per heavy atom. The van der Waals surface area contributed by atoms with Crippen LogP contribution in [0, 0.1) is 0 Å². The number of halogens is 1. The summed E-state index contributed by atoms with van der Waals surface area (Å²) in [7, 11) is 0. The van der Waals surface area contributed by atoms with Crippen LogP contribution in [0.2, 0.25) is 0 Å². The second-order valence-electron chi connectivity index (χ2n) is 4.07. The summed E-state index contributed by atoms with van der Waals surface area (Å²) >= 11 is 6.04. The van der Waals surface area contributed by atoms with Crippen molar-refractivity contribution >= 4 is 11.6 Å². The topological polar surface area (TPSA) is 26.0 Å². The Bertz CT molecular complexity index is 296. The predicted octanol–water partition coefficient (Wildman–Crippen LogP) is 3.66. The maximum atomic E-state index is 6.04. The maximum Gasteiger partial charge on any atom is 0.0557 e. The minimum absolute atomic E-state index is 0.0878. The van der Waals surface area contributed by atoms with E-state index >= 15 is 0 Å². The number of aryl methyl sites for hydroxylation is 1. The van der Waals surface area contributed by atoms with Gasteiger partial charge in [-0.3, -0.25) is 0 Å². The van der Waals surface area contributed by atoms with Crippen LogP contribution in [0.5, 0.6) is 0 Å². The van der Waals surface area contributed by atoms with E-state index in [0.29, 0.717) is 6.04 Å². The monoisotopic (exact) mass is 225 g/mol. The lowest BCUT2D eigenvalue weighted by Gasteiger charge is -2.10. The van der Waals surface area contributed by atoms with Crippen LogP contribution in [0.4, 0.5) is 0 Å². The Labute approximate surface area is 97.6 Å². The second-order valence-corrected chi connectivity index (χ2v) is 4.72. The van der Waals surface area contributed by atoms with Crippen LogP contribution in [0.15, 0.2) is 24.3 Å². The van der Waals surface area contributed by atoms with Crippen LogP contribution in [0.3, 0.4) is 0 Å². The first-order chi connectivity index (χ1) is 7.13. The van der Waals surface area contributed by atoms with Crippen molar-refractivity contribution in [3.63, 3.8) is 0 Å². The molecule has 1 rings (SSSR count). The Hall–Kier alpha value is -0.530. The third-order valence-corrected chi connectivity index (χ3v) is 2.99. The first-order valence-corrected chi connectivity index (χ1v) is 6.05. The fourth-order valence-electron chi connectivity index (χ4n) is 1.55. The Morgan fingerprint density at radius 2 is 2.13 bits per heavy atom. The van der Waals surface area contributed by atoms with E-state index in [0.717, 1.165) is 19.3 Å². The van der Waals surface area contributed by atoms with Crippen molar-refractivity contribution in [2.24, 2.45) is 5.73 Å². The van der Waals surface area contributed by atoms with Gasteiger partial charge in [-0.1, -0.05) is 31.2 Å². The lowest BCUT2D eigenvalue weighted by atomic mass is 10.0. The van der Waals surface area contributed by atoms with Crippen LogP contribution in [-0.2, 0) is 6.42 Å². The molecule has 1 nitrogen and oxygen atoms in total. The number of nitrogens with two attached hydrogens (primary N) is 1. The third kappa shape index (κ3) is 4.23. The van der Waals surface area contributed by atoms with E-state index in [9.17, 15) is 0 Å². The van der Waals surface area contributed by atoms with Crippen molar-refractivity contribution in [1.29, 1.82) is 0 Å². The van der Waals surface area contributed by atoms with Crippen LogP contribution >= 0.6 is 11.6 Å². The van der Waals surface area contributed by atoms with Gasteiger partial charge < -0.3 is 5.73 Å². The molecule has 1 aromatic rings. The Balaban J connectivity index is 2.58. The van der Waals surface area contributed by atoms with Crippen LogP contribution in [0.1, 0.15) is 43.2 Å². The summed E-state index contributed by atoms with van der Waals surface area (Å²) in [6.45, 7) is 4.13. The van der Waals surface area contributed by atoms with E-state index in [1.807, 2.05) is 6.92 Å². The van der Waals surface area contributed by atoms with Gasteiger partial charge in [-0.2, -0.15) is 0 Å². The molecule has 2 heteroatoms. The van der Waals surface area contributed by atoms with Gasteiger partial charge in [-0.05, 0) is 37.3 Å². The number of benzene rings is 1. The molecule has 15 heavy (non-hydrogen) atoms. The average molecular weight is 226 g/mol. The molecule has 2 N–H and O–H groups in total. The van der Waals surface area contributed by atoms with E-state index in [2.05, 4.69) is 31.2 Å². The van der Waals surface area contributed by atoms with Gasteiger partial charge in [0.2, 0.25) is 0 Å². The van der Waals surface area contributed by atoms with Crippen molar-refractivity contribution in [3.8, 4) is 0 Å². The molecule has 0 aliphatic heterocycles. The molecule has 0 radical (unpaired) electrons. The summed E-state index contributed by atoms with van der Waals surface area (Å²) < 4.78 is 0. The van der Waals surface area contributed by atoms with E-state index in [4.69, 9.17) is 17.3 Å². The van der Waals surface area contributed by atoms with Crippen molar-refractivity contribution in [2.75, 3.05) is 0 Å². The molecule has 84 valence electrons. The zero-order valence-corrected chi connectivity index (χ0v) is 10.3. The molecule has 0 fully saturated rings. The molecule has 2 unspecified atom stereocenters. The van der Waals surface area contributed by atoms with Gasteiger partial charge in [0.05, 0.1) is 5.38 Å². The molecule has 0 saturated heterocycles. The highest BCUT2D eigenvalue weighted by Gasteiger charge is 2.03. The van der Waals surface area contributed by atoms with Gasteiger partial charge >= 0.3 is 0 Å². The van der Waals surface area contributed by atoms with Gasteiger partial charge in [0.25, 0.3) is 0 Å². The molecule has 0 spiro atoms. The largest absolute Gasteiger partial charge is 0.328 e. The lowest BCUT2D eigenvalue weighted by molar-refractivity contribution is 0.596. The maximum absolute atomic E-state index is 6.04. The smallest absolute Gasteiger partial charge is 0.0557 e. The van der Waals surface area contributed by atoms with Gasteiger partial charge in [0, 0.05) is 6.04 Å². The van der Waals surface area contributed by atoms with Crippen LogP contribution in [-0.4, -0.2) is 6.04 Å². The van der Waals surface area contributed by atoms with E-state index in [1.165, 1.54) is 11.1 Å². The molecular formula is C13H20ClN. The molecule has 0 bridgehead atoms. The highest BCUT2D eigenvalue weighted by atomic mass is 35.5. The number of hydrogen-bond acceptors (Lipinski definition) is 1. The molecule has 0 aliphatic carbocycles. The highest BCUT2D eigenvalue weighted by Crippen LogP contribution is 2.20. The summed E-state index contributed by atoms with van der Waals surface area (Å²) in [6, 6.07) is 8.79. The standard InChI is InChI=1S/C13H20ClN/c1-3-13(15)8-7-11-5-4-6-12(9-11)10(2)14/h4-6,9-10,13H,3,7-8,15H2,1-2H3. The SMILES string of the molecule is CCC(N)CCc1cccc(C(C)Cl)c1. The summed E-state index contributed by atoms with van der Waals surface area (Å²) in [4.78, 5) is 0. The predicted molar refractivity (Wildman–Crippen MR) is 67.3 cm³/mol. The first-order valence-electron chi connectivity index (χ1n) is 5.62. The second kappa shape index (κ2) is 6.14. The van der Waals surface area contributed by atoms with Crippen molar-refractivity contribution < 1.29 is 0 Å². The van der Waals surface area contributed by atoms with Gasteiger partial charge in [-0.25, -0.2) is 0 Å². The minimum Gasteiger partial charge on any atom is -0.328 e. The molecule has 0 aromatic heterocycles. The quantitative estimate of drug-likeness (QED) is 0.761. The summed E-state index contributed by atoms with van der Waals surface area (Å²) in [5, 5.41) is 0.0878. The first kappa shape index (κ1) is 12.5. The number of alkyl halides is 1. The molecule has 1 aromatic carbocycles. The fraction of sp³-hybridized carbons (Fsp3) is 0.538. The molecule has 0 aliphatic rings. The zero-order valence-electron chi connectivity index (χ0n) is 9.54. The normalized spacial score (nSPS) is 14.9. The lowest BCUT2D eigenvalue weighted by Crippen LogP contribution is -2.19. The van der Waals surface area contributed by atoms with Crippen LogP contribution in [0.25, 0.3) is 0 Å². The molecular weight excluding hydrogens is 206 g/mol. The molecule has 0 heterocycles. The minimum atomic E-state index is 0.0878. The summed E-state index contributed by atoms with van der Waals surface area (Å²) in [5.74, 6) is 0. The van der Waals surface area contributed by atoms with Gasteiger partial charge in [0.1, 0.15) is 0 Å². The number of hydrogen-bond donors (Lipinski definition) is 1. The Morgan fingerprint density at radius 3 is 2.73 bits per heavy atom. The molecule has 0 saturated carbocycles. The zero-order chi connectivity index (χ0) is 11.3. The fourth-order valence-corrected chi connectivity index (χ4v) is 1.69. The highest BCUT2D eigenvalue weighted by molar-refractivity contribution is 6.20. The van der Waals surface area contributed by atoms with Gasteiger partial charge in [0.15, 0.2) is 0 Å².